The van der Waals surface area contributed by atoms with Crippen LogP contribution in [0, 0.1) is 12.8 Å². The predicted molar refractivity (Wildman–Crippen MR) is 121 cm³/mol. The number of hydrogen-bond donors (Lipinski definition) is 1. The van der Waals surface area contributed by atoms with Gasteiger partial charge >= 0.3 is 0 Å². The normalized spacial score (nSPS) is 18.3. The number of pyridine rings is 1. The van der Waals surface area contributed by atoms with Crippen LogP contribution >= 0.6 is 0 Å². The van der Waals surface area contributed by atoms with Crippen LogP contribution in [-0.2, 0) is 11.2 Å². The van der Waals surface area contributed by atoms with Crippen molar-refractivity contribution < 1.29 is 4.79 Å². The van der Waals surface area contributed by atoms with Gasteiger partial charge in [-0.05, 0) is 44.2 Å². The minimum atomic E-state index is -0.163. The Morgan fingerprint density at radius 2 is 1.81 bits per heavy atom. The molecule has 0 atom stereocenters. The van der Waals surface area contributed by atoms with E-state index in [2.05, 4.69) is 19.9 Å². The number of H-pyrrole nitrogens is 1. The Labute approximate surface area is 183 Å². The van der Waals surface area contributed by atoms with E-state index in [1.165, 1.54) is 38.6 Å². The van der Waals surface area contributed by atoms with Crippen LogP contribution in [0.5, 0.6) is 0 Å². The van der Waals surface area contributed by atoms with Crippen LogP contribution in [0.25, 0.3) is 11.4 Å². The van der Waals surface area contributed by atoms with E-state index in [1.54, 1.807) is 12.4 Å². The molecule has 2 fully saturated rings. The Balaban J connectivity index is 1.28. The van der Waals surface area contributed by atoms with Crippen molar-refractivity contribution in [2.24, 2.45) is 5.92 Å². The molecule has 2 aromatic rings. The largest absolute Gasteiger partial charge is 0.340 e. The second-order valence-electron chi connectivity index (χ2n) is 8.90. The van der Waals surface area contributed by atoms with Crippen LogP contribution in [0.1, 0.15) is 49.8 Å². The van der Waals surface area contributed by atoms with Gasteiger partial charge in [-0.1, -0.05) is 19.3 Å². The van der Waals surface area contributed by atoms with Crippen LogP contribution < -0.4 is 5.56 Å². The number of hydrogen-bond acceptors (Lipinski definition) is 5. The third-order valence-corrected chi connectivity index (χ3v) is 6.73. The zero-order chi connectivity index (χ0) is 21.6. The topological polar surface area (TPSA) is 82.2 Å². The number of carbonyl (C=O) groups is 1. The summed E-state index contributed by atoms with van der Waals surface area (Å²) in [5, 5.41) is 0. The highest BCUT2D eigenvalue weighted by molar-refractivity contribution is 5.76. The first-order valence-electron chi connectivity index (χ1n) is 11.6. The molecule has 166 valence electrons. The third-order valence-electron chi connectivity index (χ3n) is 6.73. The van der Waals surface area contributed by atoms with Crippen LogP contribution in [-0.4, -0.2) is 63.4 Å². The Morgan fingerprint density at radius 3 is 2.48 bits per heavy atom. The number of piperazine rings is 1. The van der Waals surface area contributed by atoms with Gasteiger partial charge in [-0.3, -0.25) is 19.5 Å². The lowest BCUT2D eigenvalue weighted by Crippen LogP contribution is -2.50. The average Bonchev–Trinajstić information content (AvgIpc) is 2.80. The fraction of sp³-hybridized carbons (Fsp3) is 0.583. The summed E-state index contributed by atoms with van der Waals surface area (Å²) < 4.78 is 0. The molecule has 2 aliphatic rings. The zero-order valence-electron chi connectivity index (χ0n) is 18.5. The number of aryl methyl sites for hydroxylation is 1. The first-order chi connectivity index (χ1) is 15.1. The molecule has 1 saturated carbocycles. The van der Waals surface area contributed by atoms with E-state index in [4.69, 9.17) is 0 Å². The number of amides is 1. The second kappa shape index (κ2) is 10.2. The minimum absolute atomic E-state index is 0.134. The first kappa shape index (κ1) is 21.7. The molecular formula is C24H33N5O2. The highest BCUT2D eigenvalue weighted by Crippen LogP contribution is 2.24. The molecule has 0 unspecified atom stereocenters. The number of aromatic amines is 1. The van der Waals surface area contributed by atoms with Crippen molar-refractivity contribution in [3.63, 3.8) is 0 Å². The van der Waals surface area contributed by atoms with Gasteiger partial charge in [0.1, 0.15) is 5.82 Å². The molecule has 1 saturated heterocycles. The number of carbonyl (C=O) groups excluding carboxylic acids is 1. The van der Waals surface area contributed by atoms with Gasteiger partial charge in [0.25, 0.3) is 5.56 Å². The molecule has 0 bridgehead atoms. The molecule has 1 N–H and O–H groups in total. The Morgan fingerprint density at radius 1 is 1.10 bits per heavy atom. The fourth-order valence-corrected chi connectivity index (χ4v) is 4.86. The minimum Gasteiger partial charge on any atom is -0.340 e. The Bertz CT molecular complexity index is 929. The molecule has 1 aliphatic carbocycles. The van der Waals surface area contributed by atoms with Gasteiger partial charge < -0.3 is 9.88 Å². The van der Waals surface area contributed by atoms with Crippen molar-refractivity contribution >= 4 is 5.91 Å². The summed E-state index contributed by atoms with van der Waals surface area (Å²) in [4.78, 5) is 41.2. The van der Waals surface area contributed by atoms with Crippen LogP contribution in [0.15, 0.2) is 29.3 Å². The fourth-order valence-electron chi connectivity index (χ4n) is 4.86. The average molecular weight is 424 g/mol. The van der Waals surface area contributed by atoms with E-state index < -0.39 is 0 Å². The first-order valence-corrected chi connectivity index (χ1v) is 11.6. The lowest BCUT2D eigenvalue weighted by atomic mass is 9.89. The maximum atomic E-state index is 12.7. The van der Waals surface area contributed by atoms with Crippen molar-refractivity contribution in [2.75, 3.05) is 32.7 Å². The van der Waals surface area contributed by atoms with Gasteiger partial charge in [-0.2, -0.15) is 0 Å². The van der Waals surface area contributed by atoms with Crippen molar-refractivity contribution in [2.45, 2.75) is 51.9 Å². The molecule has 7 heteroatoms. The third kappa shape index (κ3) is 5.58. The summed E-state index contributed by atoms with van der Waals surface area (Å²) in [6, 6.07) is 3.63. The van der Waals surface area contributed by atoms with Crippen molar-refractivity contribution in [3.8, 4) is 11.4 Å². The smallest absolute Gasteiger partial charge is 0.254 e. The SMILES string of the molecule is Cc1nc(-c2ccncc2)[nH]c(=O)c1CCC(=O)N1CCN(CC2CCCCC2)CC1. The van der Waals surface area contributed by atoms with Gasteiger partial charge in [-0.25, -0.2) is 4.98 Å². The number of nitrogens with one attached hydrogen (secondary N) is 1. The van der Waals surface area contributed by atoms with E-state index in [1.807, 2.05) is 24.0 Å². The summed E-state index contributed by atoms with van der Waals surface area (Å²) >= 11 is 0. The molecule has 1 aliphatic heterocycles. The van der Waals surface area contributed by atoms with Crippen molar-refractivity contribution in [1.82, 2.24) is 24.8 Å². The number of rotatable bonds is 6. The zero-order valence-corrected chi connectivity index (χ0v) is 18.5. The standard InChI is InChI=1S/C24H33N5O2/c1-18-21(24(31)27-23(26-18)20-9-11-25-12-10-20)7-8-22(30)29-15-13-28(14-16-29)17-19-5-3-2-4-6-19/h9-12,19H,2-8,13-17H2,1H3,(H,26,27,31). The van der Waals surface area contributed by atoms with E-state index in [-0.39, 0.29) is 11.5 Å². The molecule has 0 aromatic carbocycles. The highest BCUT2D eigenvalue weighted by Gasteiger charge is 2.24. The van der Waals surface area contributed by atoms with Gasteiger partial charge in [0, 0.05) is 68.4 Å². The molecular weight excluding hydrogens is 390 g/mol. The second-order valence-corrected chi connectivity index (χ2v) is 8.90. The van der Waals surface area contributed by atoms with Crippen LogP contribution in [0.3, 0.4) is 0 Å². The molecule has 31 heavy (non-hydrogen) atoms. The molecule has 1 amide bonds. The predicted octanol–water partition coefficient (Wildman–Crippen LogP) is 2.80. The van der Waals surface area contributed by atoms with Crippen LogP contribution in [0.2, 0.25) is 0 Å². The van der Waals surface area contributed by atoms with Gasteiger partial charge in [0.15, 0.2) is 0 Å². The maximum absolute atomic E-state index is 12.7. The monoisotopic (exact) mass is 423 g/mol. The summed E-state index contributed by atoms with van der Waals surface area (Å²) in [6.45, 7) is 6.53. The van der Waals surface area contributed by atoms with Crippen LogP contribution in [0.4, 0.5) is 0 Å². The lowest BCUT2D eigenvalue weighted by Gasteiger charge is -2.37. The maximum Gasteiger partial charge on any atom is 0.254 e. The molecule has 4 rings (SSSR count). The molecule has 0 radical (unpaired) electrons. The Hall–Kier alpha value is -2.54. The quantitative estimate of drug-likeness (QED) is 0.773. The lowest BCUT2D eigenvalue weighted by molar-refractivity contribution is -0.133. The molecule has 0 spiro atoms. The highest BCUT2D eigenvalue weighted by atomic mass is 16.2. The van der Waals surface area contributed by atoms with E-state index >= 15 is 0 Å². The van der Waals surface area contributed by atoms with Gasteiger partial charge in [-0.15, -0.1) is 0 Å². The van der Waals surface area contributed by atoms with E-state index in [0.29, 0.717) is 29.9 Å². The number of nitrogens with zero attached hydrogens (tertiary/aromatic N) is 4. The summed E-state index contributed by atoms with van der Waals surface area (Å²) in [6.07, 6.45) is 11.0. The molecule has 2 aromatic heterocycles. The van der Waals surface area contributed by atoms with Crippen molar-refractivity contribution in [3.05, 3.63) is 46.1 Å². The van der Waals surface area contributed by atoms with Gasteiger partial charge in [0.05, 0.1) is 0 Å². The summed E-state index contributed by atoms with van der Waals surface area (Å²) in [5.74, 6) is 1.51. The summed E-state index contributed by atoms with van der Waals surface area (Å²) in [5.41, 5.74) is 1.94. The number of aromatic nitrogens is 3. The molecule has 7 nitrogen and oxygen atoms in total. The Kier molecular flexibility index (Phi) is 7.12. The van der Waals surface area contributed by atoms with E-state index in [0.717, 1.165) is 37.7 Å². The summed E-state index contributed by atoms with van der Waals surface area (Å²) in [7, 11) is 0. The van der Waals surface area contributed by atoms with Gasteiger partial charge in [0.2, 0.25) is 5.91 Å². The molecule has 3 heterocycles. The van der Waals surface area contributed by atoms with Crippen molar-refractivity contribution in [1.29, 1.82) is 0 Å². The van der Waals surface area contributed by atoms with E-state index in [9.17, 15) is 9.59 Å².